The monoisotopic (exact) mass is 216 g/mol. The van der Waals surface area contributed by atoms with Crippen LogP contribution >= 0.6 is 0 Å². The molecule has 4 heteroatoms. The topological polar surface area (TPSA) is 43.8 Å². The number of hydrogen-bond acceptors (Lipinski definition) is 3. The molecule has 0 aromatic heterocycles. The van der Waals surface area contributed by atoms with Gasteiger partial charge in [0.2, 0.25) is 0 Å². The van der Waals surface area contributed by atoms with Gasteiger partial charge in [0.25, 0.3) is 0 Å². The summed E-state index contributed by atoms with van der Waals surface area (Å²) in [6.07, 6.45) is 1.35. The Morgan fingerprint density at radius 1 is 1.13 bits per heavy atom. The van der Waals surface area contributed by atoms with E-state index < -0.39 is 5.97 Å². The molecule has 0 fully saturated rings. The van der Waals surface area contributed by atoms with Crippen molar-refractivity contribution < 1.29 is 9.90 Å². The summed E-state index contributed by atoms with van der Waals surface area (Å²) < 4.78 is 0. The van der Waals surface area contributed by atoms with Crippen LogP contribution in [0, 0.1) is 0 Å². The highest BCUT2D eigenvalue weighted by Gasteiger charge is 2.03. The Morgan fingerprint density at radius 2 is 1.73 bits per heavy atom. The smallest absolute Gasteiger partial charge is 0.304 e. The zero-order valence-corrected chi connectivity index (χ0v) is 10.2. The second-order valence-corrected chi connectivity index (χ2v) is 3.83. The molecule has 0 saturated heterocycles. The van der Waals surface area contributed by atoms with E-state index in [1.807, 2.05) is 7.05 Å². The molecule has 0 saturated carbocycles. The molecule has 0 heterocycles. The highest BCUT2D eigenvalue weighted by Crippen LogP contribution is 1.94. The Bertz CT molecular complexity index is 170. The molecule has 0 aliphatic rings. The van der Waals surface area contributed by atoms with Gasteiger partial charge in [-0.3, -0.25) is 4.79 Å². The van der Waals surface area contributed by atoms with Crippen molar-refractivity contribution >= 4 is 5.97 Å². The third-order valence-corrected chi connectivity index (χ3v) is 2.62. The van der Waals surface area contributed by atoms with E-state index in [-0.39, 0.29) is 6.42 Å². The fraction of sp³-hybridized carbons (Fsp3) is 0.909. The maximum atomic E-state index is 10.3. The normalized spacial score (nSPS) is 11.3. The highest BCUT2D eigenvalue weighted by atomic mass is 16.4. The van der Waals surface area contributed by atoms with Gasteiger partial charge in [-0.05, 0) is 39.6 Å². The van der Waals surface area contributed by atoms with Gasteiger partial charge in [-0.1, -0.05) is 13.8 Å². The van der Waals surface area contributed by atoms with Crippen molar-refractivity contribution in [3.8, 4) is 0 Å². The summed E-state index contributed by atoms with van der Waals surface area (Å²) in [6, 6.07) is 0. The predicted molar refractivity (Wildman–Crippen MR) is 62.2 cm³/mol. The molecule has 0 radical (unpaired) electrons. The largest absolute Gasteiger partial charge is 0.481 e. The lowest BCUT2D eigenvalue weighted by Gasteiger charge is -2.20. The van der Waals surface area contributed by atoms with E-state index in [2.05, 4.69) is 23.6 Å². The minimum atomic E-state index is -0.717. The first-order chi connectivity index (χ1) is 7.10. The molecule has 0 aromatic carbocycles. The maximum Gasteiger partial charge on any atom is 0.304 e. The van der Waals surface area contributed by atoms with Gasteiger partial charge in [-0.25, -0.2) is 0 Å². The van der Waals surface area contributed by atoms with Crippen molar-refractivity contribution in [3.63, 3.8) is 0 Å². The second-order valence-electron chi connectivity index (χ2n) is 3.83. The van der Waals surface area contributed by atoms with Gasteiger partial charge in [-0.2, -0.15) is 0 Å². The zero-order chi connectivity index (χ0) is 11.7. The first kappa shape index (κ1) is 14.4. The molecule has 0 unspecified atom stereocenters. The zero-order valence-electron chi connectivity index (χ0n) is 10.2. The van der Waals surface area contributed by atoms with Crippen LogP contribution in [-0.2, 0) is 4.79 Å². The minimum Gasteiger partial charge on any atom is -0.481 e. The second kappa shape index (κ2) is 8.68. The summed E-state index contributed by atoms with van der Waals surface area (Å²) in [6.45, 7) is 9.24. The van der Waals surface area contributed by atoms with Crippen LogP contribution in [-0.4, -0.2) is 60.6 Å². The summed E-state index contributed by atoms with van der Waals surface area (Å²) in [5, 5.41) is 8.52. The SMILES string of the molecule is CCN(CC)CCCN(C)CCC(=O)O. The fourth-order valence-electron chi connectivity index (χ4n) is 1.50. The van der Waals surface area contributed by atoms with Crippen molar-refractivity contribution in [2.24, 2.45) is 0 Å². The third kappa shape index (κ3) is 8.39. The average Bonchev–Trinajstić information content (AvgIpc) is 2.21. The average molecular weight is 216 g/mol. The number of carbonyl (C=O) groups is 1. The molecule has 0 amide bonds. The van der Waals surface area contributed by atoms with Crippen molar-refractivity contribution in [1.29, 1.82) is 0 Å². The summed E-state index contributed by atoms with van der Waals surface area (Å²) in [5.74, 6) is -0.717. The molecule has 0 atom stereocenters. The minimum absolute atomic E-state index is 0.238. The van der Waals surface area contributed by atoms with Gasteiger partial charge in [0.05, 0.1) is 6.42 Å². The maximum absolute atomic E-state index is 10.3. The van der Waals surface area contributed by atoms with E-state index in [0.29, 0.717) is 6.54 Å². The van der Waals surface area contributed by atoms with Crippen LogP contribution in [0.1, 0.15) is 26.7 Å². The van der Waals surface area contributed by atoms with E-state index in [0.717, 1.165) is 32.6 Å². The summed E-state index contributed by atoms with van der Waals surface area (Å²) in [4.78, 5) is 14.8. The molecule has 1 N–H and O–H groups in total. The Balaban J connectivity index is 3.45. The molecule has 0 rings (SSSR count). The Morgan fingerprint density at radius 3 is 2.20 bits per heavy atom. The van der Waals surface area contributed by atoms with E-state index in [1.165, 1.54) is 0 Å². The van der Waals surface area contributed by atoms with E-state index in [1.54, 1.807) is 0 Å². The van der Waals surface area contributed by atoms with Crippen molar-refractivity contribution in [2.75, 3.05) is 39.8 Å². The third-order valence-electron chi connectivity index (χ3n) is 2.62. The Labute approximate surface area is 92.9 Å². The molecule has 90 valence electrons. The van der Waals surface area contributed by atoms with Gasteiger partial charge in [0.1, 0.15) is 0 Å². The van der Waals surface area contributed by atoms with Crippen LogP contribution < -0.4 is 0 Å². The van der Waals surface area contributed by atoms with Crippen LogP contribution in [0.2, 0.25) is 0 Å². The first-order valence-electron chi connectivity index (χ1n) is 5.72. The van der Waals surface area contributed by atoms with Gasteiger partial charge >= 0.3 is 5.97 Å². The molecular formula is C11H24N2O2. The quantitative estimate of drug-likeness (QED) is 0.627. The number of nitrogens with zero attached hydrogens (tertiary/aromatic N) is 2. The molecule has 4 nitrogen and oxygen atoms in total. The molecule has 15 heavy (non-hydrogen) atoms. The number of carboxylic acids is 1. The van der Waals surface area contributed by atoms with E-state index in [4.69, 9.17) is 5.11 Å². The van der Waals surface area contributed by atoms with E-state index in [9.17, 15) is 4.79 Å². The Kier molecular flexibility index (Phi) is 8.33. The highest BCUT2D eigenvalue weighted by molar-refractivity contribution is 5.66. The van der Waals surface area contributed by atoms with Crippen molar-refractivity contribution in [2.45, 2.75) is 26.7 Å². The summed E-state index contributed by atoms with van der Waals surface area (Å²) in [5.41, 5.74) is 0. The number of rotatable bonds is 9. The van der Waals surface area contributed by atoms with Gasteiger partial charge in [-0.15, -0.1) is 0 Å². The van der Waals surface area contributed by atoms with Gasteiger partial charge < -0.3 is 14.9 Å². The Hall–Kier alpha value is -0.610. The predicted octanol–water partition coefficient (Wildman–Crippen LogP) is 1.12. The van der Waals surface area contributed by atoms with Crippen LogP contribution in [0.4, 0.5) is 0 Å². The van der Waals surface area contributed by atoms with Crippen LogP contribution in [0.5, 0.6) is 0 Å². The van der Waals surface area contributed by atoms with Gasteiger partial charge in [0, 0.05) is 6.54 Å². The number of aliphatic carboxylic acids is 1. The van der Waals surface area contributed by atoms with E-state index >= 15 is 0 Å². The number of hydrogen-bond donors (Lipinski definition) is 1. The lowest BCUT2D eigenvalue weighted by atomic mass is 10.3. The molecule has 0 aliphatic carbocycles. The van der Waals surface area contributed by atoms with Gasteiger partial charge in [0.15, 0.2) is 0 Å². The van der Waals surface area contributed by atoms with Crippen molar-refractivity contribution in [1.82, 2.24) is 9.80 Å². The standard InChI is InChI=1S/C11H24N2O2/c1-4-13(5-2)9-6-8-12(3)10-7-11(14)15/h4-10H2,1-3H3,(H,14,15). The van der Waals surface area contributed by atoms with Crippen molar-refractivity contribution in [3.05, 3.63) is 0 Å². The molecule has 0 aliphatic heterocycles. The molecule has 0 bridgehead atoms. The lowest BCUT2D eigenvalue weighted by molar-refractivity contribution is -0.137. The summed E-state index contributed by atoms with van der Waals surface area (Å²) >= 11 is 0. The molecule has 0 spiro atoms. The summed E-state index contributed by atoms with van der Waals surface area (Å²) in [7, 11) is 1.98. The fourth-order valence-corrected chi connectivity index (χ4v) is 1.50. The van der Waals surface area contributed by atoms with Crippen LogP contribution in [0.15, 0.2) is 0 Å². The lowest BCUT2D eigenvalue weighted by Crippen LogP contribution is -2.29. The molecular weight excluding hydrogens is 192 g/mol. The molecule has 0 aromatic rings. The first-order valence-corrected chi connectivity index (χ1v) is 5.72. The number of carboxylic acid groups (broad SMARTS) is 1. The van der Waals surface area contributed by atoms with Crippen LogP contribution in [0.3, 0.4) is 0 Å². The van der Waals surface area contributed by atoms with Crippen LogP contribution in [0.25, 0.3) is 0 Å².